The highest BCUT2D eigenvalue weighted by atomic mass is 127. The van der Waals surface area contributed by atoms with E-state index in [1.54, 1.807) is 50.3 Å². The van der Waals surface area contributed by atoms with E-state index in [-0.39, 0.29) is 24.3 Å². The molecule has 1 aliphatic rings. The third kappa shape index (κ3) is 8.22. The highest BCUT2D eigenvalue weighted by Crippen LogP contribution is 2.36. The minimum absolute atomic E-state index is 0.141. The number of fused-ring (bicyclic) bond motifs is 1. The van der Waals surface area contributed by atoms with Crippen LogP contribution in [0.2, 0.25) is 0 Å². The molecule has 0 radical (unpaired) electrons. The van der Waals surface area contributed by atoms with Crippen LogP contribution in [0.25, 0.3) is 6.08 Å². The minimum atomic E-state index is -0.875. The number of aromatic nitrogens is 1. The van der Waals surface area contributed by atoms with Gasteiger partial charge in [-0.1, -0.05) is 29.5 Å². The average Bonchev–Trinajstić information content (AvgIpc) is 3.40. The summed E-state index contributed by atoms with van der Waals surface area (Å²) < 4.78 is 31.4. The number of carbonyl (C=O) groups excluding carboxylic acids is 2. The number of methoxy groups -OCH3 is 1. The summed E-state index contributed by atoms with van der Waals surface area (Å²) >= 11 is 5.64. The molecule has 1 aliphatic heterocycles. The minimum Gasteiger partial charge on any atom is -0.490 e. The third-order valence-electron chi connectivity index (χ3n) is 7.46. The van der Waals surface area contributed by atoms with Gasteiger partial charge in [0.1, 0.15) is 12.4 Å². The number of rotatable bonds is 12. The maximum atomic E-state index is 14.2. The Labute approximate surface area is 319 Å². The summed E-state index contributed by atoms with van der Waals surface area (Å²) in [4.78, 5) is 44.4. The molecular weight excluding hydrogens is 888 g/mol. The predicted octanol–water partition coefficient (Wildman–Crippen LogP) is 5.41. The van der Waals surface area contributed by atoms with E-state index < -0.39 is 18.0 Å². The van der Waals surface area contributed by atoms with Crippen LogP contribution in [0.5, 0.6) is 17.2 Å². The molecule has 2 heterocycles. The summed E-state index contributed by atoms with van der Waals surface area (Å²) in [6.07, 6.45) is 1.80. The monoisotopic (exact) mass is 919 g/mol. The number of nitrogens with zero attached hydrogens (tertiary/aromatic N) is 3. The lowest BCUT2D eigenvalue weighted by Crippen LogP contribution is -2.40. The Morgan fingerprint density at radius 2 is 1.72 bits per heavy atom. The fraction of sp³-hybridized carbons (Fsp3) is 0.250. The first kappa shape index (κ1) is 37.1. The van der Waals surface area contributed by atoms with Crippen LogP contribution in [-0.4, -0.2) is 43.4 Å². The van der Waals surface area contributed by atoms with Gasteiger partial charge in [-0.2, -0.15) is 5.26 Å². The molecule has 0 bridgehead atoms. The zero-order valence-corrected chi connectivity index (χ0v) is 32.6. The smallest absolute Gasteiger partial charge is 0.343 e. The fourth-order valence-corrected chi connectivity index (χ4v) is 8.34. The van der Waals surface area contributed by atoms with Gasteiger partial charge < -0.3 is 23.7 Å². The van der Waals surface area contributed by atoms with Crippen molar-refractivity contribution in [2.45, 2.75) is 33.4 Å². The van der Waals surface area contributed by atoms with Gasteiger partial charge in [-0.05, 0) is 125 Å². The first-order valence-corrected chi connectivity index (χ1v) is 18.3. The lowest BCUT2D eigenvalue weighted by molar-refractivity contribution is -0.143. The Morgan fingerprint density at radius 3 is 2.36 bits per heavy atom. The number of nitriles is 1. The van der Waals surface area contributed by atoms with E-state index in [1.165, 1.54) is 23.0 Å². The van der Waals surface area contributed by atoms with Gasteiger partial charge in [-0.25, -0.2) is 14.6 Å². The summed E-state index contributed by atoms with van der Waals surface area (Å²) in [7, 11) is 1.27. The van der Waals surface area contributed by atoms with Crippen molar-refractivity contribution in [3.63, 3.8) is 0 Å². The Morgan fingerprint density at radius 1 is 1.00 bits per heavy atom. The van der Waals surface area contributed by atoms with Gasteiger partial charge in [0.25, 0.3) is 5.56 Å². The molecule has 0 saturated carbocycles. The molecule has 258 valence electrons. The molecule has 5 rings (SSSR count). The fourth-order valence-electron chi connectivity index (χ4n) is 5.17. The van der Waals surface area contributed by atoms with E-state index in [0.29, 0.717) is 56.6 Å². The zero-order valence-electron chi connectivity index (χ0n) is 27.5. The molecule has 50 heavy (non-hydrogen) atoms. The number of carbonyl (C=O) groups is 2. The van der Waals surface area contributed by atoms with Gasteiger partial charge in [0, 0.05) is 0 Å². The molecule has 11 nitrogen and oxygen atoms in total. The highest BCUT2D eigenvalue weighted by molar-refractivity contribution is 14.1. The molecule has 3 aromatic carbocycles. The van der Waals surface area contributed by atoms with E-state index in [0.717, 1.165) is 18.3 Å². The number of halogens is 2. The quantitative estimate of drug-likeness (QED) is 0.135. The lowest BCUT2D eigenvalue weighted by atomic mass is 9.95. The number of ether oxygens (including phenoxy) is 5. The molecule has 14 heteroatoms. The van der Waals surface area contributed by atoms with Crippen LogP contribution >= 0.6 is 56.5 Å². The summed E-state index contributed by atoms with van der Waals surface area (Å²) in [6.45, 7) is 5.70. The van der Waals surface area contributed by atoms with Gasteiger partial charge in [-0.3, -0.25) is 9.36 Å². The van der Waals surface area contributed by atoms with Gasteiger partial charge in [0.05, 0.1) is 60.9 Å². The lowest BCUT2D eigenvalue weighted by Gasteiger charge is -2.25. The summed E-state index contributed by atoms with van der Waals surface area (Å²) in [5.41, 5.74) is 3.20. The molecule has 0 unspecified atom stereocenters. The van der Waals surface area contributed by atoms with Crippen LogP contribution in [0, 0.1) is 18.5 Å². The van der Waals surface area contributed by atoms with Crippen LogP contribution in [0.15, 0.2) is 75.7 Å². The Hall–Kier alpha value is -4.21. The molecular formula is C36H31I2N3O8S. The number of allylic oxidation sites excluding steroid dienone is 1. The topological polar surface area (TPSA) is 138 Å². The number of thiazole rings is 1. The third-order valence-corrected chi connectivity index (χ3v) is 10.0. The van der Waals surface area contributed by atoms with Crippen molar-refractivity contribution in [3.05, 3.63) is 115 Å². The molecule has 0 amide bonds. The summed E-state index contributed by atoms with van der Waals surface area (Å²) in [5, 5.41) is 9.06. The second kappa shape index (κ2) is 16.7. The molecule has 1 aromatic heterocycles. The van der Waals surface area contributed by atoms with Crippen molar-refractivity contribution in [1.82, 2.24) is 4.57 Å². The van der Waals surface area contributed by atoms with Crippen molar-refractivity contribution in [3.8, 4) is 23.3 Å². The molecule has 0 spiro atoms. The molecule has 0 aliphatic carbocycles. The van der Waals surface area contributed by atoms with E-state index in [9.17, 15) is 14.4 Å². The summed E-state index contributed by atoms with van der Waals surface area (Å²) in [5.74, 6) is 0.215. The van der Waals surface area contributed by atoms with Crippen molar-refractivity contribution >= 4 is 74.5 Å². The Bertz CT molecular complexity index is 2180. The van der Waals surface area contributed by atoms with Crippen molar-refractivity contribution < 1.29 is 33.3 Å². The highest BCUT2D eigenvalue weighted by Gasteiger charge is 2.34. The maximum Gasteiger partial charge on any atom is 0.343 e. The van der Waals surface area contributed by atoms with Gasteiger partial charge in [0.15, 0.2) is 22.9 Å². The number of hydrogen-bond donors (Lipinski definition) is 0. The largest absolute Gasteiger partial charge is 0.490 e. The van der Waals surface area contributed by atoms with Gasteiger partial charge >= 0.3 is 11.9 Å². The first-order valence-electron chi connectivity index (χ1n) is 15.3. The van der Waals surface area contributed by atoms with Crippen LogP contribution in [-0.2, 0) is 25.7 Å². The molecule has 1 atom stereocenters. The molecule has 0 N–H and O–H groups in total. The Kier molecular flexibility index (Phi) is 12.4. The Balaban J connectivity index is 1.55. The molecule has 0 saturated heterocycles. The second-order valence-corrected chi connectivity index (χ2v) is 14.1. The van der Waals surface area contributed by atoms with E-state index in [2.05, 4.69) is 61.0 Å². The van der Waals surface area contributed by atoms with Gasteiger partial charge in [-0.15, -0.1) is 0 Å². The predicted molar refractivity (Wildman–Crippen MR) is 203 cm³/mol. The number of esters is 2. The van der Waals surface area contributed by atoms with Crippen molar-refractivity contribution in [2.75, 3.05) is 26.9 Å². The van der Waals surface area contributed by atoms with E-state index in [1.807, 2.05) is 31.2 Å². The average molecular weight is 920 g/mol. The van der Waals surface area contributed by atoms with Crippen LogP contribution in [0.4, 0.5) is 0 Å². The van der Waals surface area contributed by atoms with Crippen LogP contribution < -0.4 is 29.1 Å². The van der Waals surface area contributed by atoms with E-state index >= 15 is 0 Å². The molecule has 4 aromatic rings. The molecule has 0 fully saturated rings. The first-order chi connectivity index (χ1) is 24.1. The van der Waals surface area contributed by atoms with Gasteiger partial charge in [0.2, 0.25) is 0 Å². The standard InChI is InChI=1S/C36H31I2N3O8S/c1-5-46-28-16-24(11-12-27(28)48-19-30(42)45-4)32-31(35(44)47-6-2)20(3)40-36-41(32)34(43)29(50-36)15-23-13-25(37)33(26(38)14-23)49-18-22-9-7-21(17-39)8-10-22/h7-16,32H,5-6,18-19H2,1-4H3/b29-15+/t32-/m1/s1. The second-order valence-electron chi connectivity index (χ2n) is 10.7. The van der Waals surface area contributed by atoms with Crippen molar-refractivity contribution in [1.29, 1.82) is 5.26 Å². The SMILES string of the molecule is CCOC(=O)C1=C(C)N=c2s/c(=C/c3cc(I)c(OCc4ccc(C#N)cc4)c(I)c3)c(=O)n2[C@@H]1c1ccc(OCC(=O)OC)c(OCC)c1. The summed E-state index contributed by atoms with van der Waals surface area (Å²) in [6, 6.07) is 17.4. The zero-order chi connectivity index (χ0) is 35.9. The normalized spacial score (nSPS) is 13.9. The van der Waals surface area contributed by atoms with Crippen molar-refractivity contribution in [2.24, 2.45) is 4.99 Å². The number of hydrogen-bond acceptors (Lipinski definition) is 11. The van der Waals surface area contributed by atoms with Crippen LogP contribution in [0.1, 0.15) is 49.1 Å². The number of benzene rings is 3. The maximum absolute atomic E-state index is 14.2. The van der Waals surface area contributed by atoms with Crippen LogP contribution in [0.3, 0.4) is 0 Å². The van der Waals surface area contributed by atoms with E-state index in [4.69, 9.17) is 24.2 Å².